The monoisotopic (exact) mass is 279 g/mol. The Morgan fingerprint density at radius 3 is 2.40 bits per heavy atom. The molecule has 1 aromatic rings. The van der Waals surface area contributed by atoms with E-state index >= 15 is 0 Å². The Morgan fingerprint density at radius 2 is 1.95 bits per heavy atom. The molecule has 0 aromatic heterocycles. The topological polar surface area (TPSA) is 67.6 Å². The summed E-state index contributed by atoms with van der Waals surface area (Å²) < 4.78 is 4.55. The minimum absolute atomic E-state index is 0.318. The Morgan fingerprint density at radius 1 is 1.30 bits per heavy atom. The fraction of sp³-hybridized carbons (Fsp3) is 0.533. The second kappa shape index (κ2) is 7.75. The van der Waals surface area contributed by atoms with Gasteiger partial charge in [0.1, 0.15) is 5.60 Å². The highest BCUT2D eigenvalue weighted by Gasteiger charge is 2.09. The summed E-state index contributed by atoms with van der Waals surface area (Å²) in [5.74, 6) is 0. The molecule has 0 atom stereocenters. The molecule has 0 unspecified atom stereocenters. The average Bonchev–Trinajstić information content (AvgIpc) is 2.39. The third-order valence-corrected chi connectivity index (χ3v) is 2.75. The van der Waals surface area contributed by atoms with Gasteiger partial charge in [0.2, 0.25) is 0 Å². The van der Waals surface area contributed by atoms with Crippen molar-refractivity contribution in [1.82, 2.24) is 5.32 Å². The molecule has 3 N–H and O–H groups in total. The molecule has 0 bridgehead atoms. The Balaban J connectivity index is 0.000000246. The van der Waals surface area contributed by atoms with E-state index < -0.39 is 0 Å². The highest BCUT2D eigenvalue weighted by molar-refractivity contribution is 5.56. The number of benzene rings is 1. The van der Waals surface area contributed by atoms with Crippen molar-refractivity contribution in [3.63, 3.8) is 0 Å². The molecule has 1 saturated heterocycles. The Hall–Kier alpha value is -1.75. The molecule has 112 valence electrons. The van der Waals surface area contributed by atoms with Gasteiger partial charge in [-0.1, -0.05) is 6.07 Å². The number of nitrogen functional groups attached to an aromatic ring is 1. The molecule has 1 aliphatic rings. The van der Waals surface area contributed by atoms with E-state index in [1.54, 1.807) is 0 Å². The van der Waals surface area contributed by atoms with Gasteiger partial charge >= 0.3 is 0 Å². The Kier molecular flexibility index (Phi) is 6.31. The molecular weight excluding hydrogens is 254 g/mol. The number of carbonyl (C=O) groups is 1. The van der Waals surface area contributed by atoms with Crippen LogP contribution in [0.5, 0.6) is 0 Å². The van der Waals surface area contributed by atoms with Crippen LogP contribution in [0.4, 0.5) is 11.4 Å². The molecule has 0 radical (unpaired) electrons. The van der Waals surface area contributed by atoms with Crippen LogP contribution in [0.25, 0.3) is 0 Å². The lowest BCUT2D eigenvalue weighted by Gasteiger charge is -2.29. The maximum absolute atomic E-state index is 9.60. The molecule has 0 spiro atoms. The number of anilines is 2. The number of nitrogens with zero attached hydrogens (tertiary/aromatic N) is 1. The Bertz CT molecular complexity index is 410. The van der Waals surface area contributed by atoms with Gasteiger partial charge in [-0.2, -0.15) is 0 Å². The predicted molar refractivity (Wildman–Crippen MR) is 82.8 cm³/mol. The summed E-state index contributed by atoms with van der Waals surface area (Å²) in [5, 5.41) is 3.33. The van der Waals surface area contributed by atoms with Crippen molar-refractivity contribution >= 4 is 17.8 Å². The van der Waals surface area contributed by atoms with E-state index in [0.29, 0.717) is 6.47 Å². The van der Waals surface area contributed by atoms with E-state index in [-0.39, 0.29) is 5.60 Å². The summed E-state index contributed by atoms with van der Waals surface area (Å²) in [5.41, 5.74) is 7.49. The molecule has 1 fully saturated rings. The number of piperazine rings is 1. The zero-order valence-electron chi connectivity index (χ0n) is 12.6. The van der Waals surface area contributed by atoms with Crippen LogP contribution in [0.2, 0.25) is 0 Å². The number of ether oxygens (including phenoxy) is 1. The smallest absolute Gasteiger partial charge is 0.293 e. The first-order valence-corrected chi connectivity index (χ1v) is 6.85. The largest absolute Gasteiger partial charge is 0.462 e. The van der Waals surface area contributed by atoms with Gasteiger partial charge in [-0.05, 0) is 39.0 Å². The van der Waals surface area contributed by atoms with Crippen molar-refractivity contribution in [2.24, 2.45) is 0 Å². The van der Waals surface area contributed by atoms with Crippen LogP contribution in [0.3, 0.4) is 0 Å². The lowest BCUT2D eigenvalue weighted by atomic mass is 10.2. The van der Waals surface area contributed by atoms with E-state index in [2.05, 4.69) is 21.0 Å². The molecular formula is C15H25N3O2. The van der Waals surface area contributed by atoms with Gasteiger partial charge in [0.05, 0.1) is 0 Å². The van der Waals surface area contributed by atoms with Crippen molar-refractivity contribution < 1.29 is 9.53 Å². The van der Waals surface area contributed by atoms with Crippen molar-refractivity contribution in [2.75, 3.05) is 36.8 Å². The lowest BCUT2D eigenvalue weighted by molar-refractivity contribution is -0.138. The molecule has 2 rings (SSSR count). The summed E-state index contributed by atoms with van der Waals surface area (Å²) in [6.07, 6.45) is 0. The fourth-order valence-electron chi connectivity index (χ4n) is 1.79. The maximum Gasteiger partial charge on any atom is 0.293 e. The first kappa shape index (κ1) is 16.3. The van der Waals surface area contributed by atoms with Crippen LogP contribution in [0.1, 0.15) is 20.8 Å². The Labute approximate surface area is 121 Å². The average molecular weight is 279 g/mol. The highest BCUT2D eigenvalue weighted by atomic mass is 16.5. The summed E-state index contributed by atoms with van der Waals surface area (Å²) in [4.78, 5) is 12.0. The van der Waals surface area contributed by atoms with Gasteiger partial charge in [-0.15, -0.1) is 0 Å². The third kappa shape index (κ3) is 6.43. The van der Waals surface area contributed by atoms with E-state index in [9.17, 15) is 4.79 Å². The van der Waals surface area contributed by atoms with Crippen molar-refractivity contribution in [3.05, 3.63) is 24.3 Å². The van der Waals surface area contributed by atoms with Gasteiger partial charge in [0, 0.05) is 37.6 Å². The van der Waals surface area contributed by atoms with Crippen LogP contribution in [0.15, 0.2) is 24.3 Å². The summed E-state index contributed by atoms with van der Waals surface area (Å²) in [6.45, 7) is 10.2. The molecule has 5 heteroatoms. The van der Waals surface area contributed by atoms with E-state index in [4.69, 9.17) is 5.73 Å². The van der Waals surface area contributed by atoms with Gasteiger partial charge < -0.3 is 20.7 Å². The van der Waals surface area contributed by atoms with Crippen LogP contribution < -0.4 is 16.0 Å². The van der Waals surface area contributed by atoms with Crippen molar-refractivity contribution in [1.29, 1.82) is 0 Å². The predicted octanol–water partition coefficient (Wildman–Crippen LogP) is 1.64. The zero-order valence-corrected chi connectivity index (χ0v) is 12.6. The second-order valence-corrected chi connectivity index (χ2v) is 5.66. The minimum Gasteiger partial charge on any atom is -0.462 e. The molecule has 1 aliphatic heterocycles. The summed E-state index contributed by atoms with van der Waals surface area (Å²) in [6, 6.07) is 8.07. The lowest BCUT2D eigenvalue weighted by Crippen LogP contribution is -2.43. The first-order valence-electron chi connectivity index (χ1n) is 6.85. The minimum atomic E-state index is -0.318. The van der Waals surface area contributed by atoms with Crippen molar-refractivity contribution in [3.8, 4) is 0 Å². The zero-order chi connectivity index (χ0) is 15.0. The SMILES string of the molecule is CC(C)(C)OC=O.Nc1cccc(N2CCNCC2)c1. The van der Waals surface area contributed by atoms with Crippen molar-refractivity contribution in [2.45, 2.75) is 26.4 Å². The van der Waals surface area contributed by atoms with Crippen LogP contribution >= 0.6 is 0 Å². The number of nitrogens with one attached hydrogen (secondary N) is 1. The van der Waals surface area contributed by atoms with Crippen LogP contribution in [0, 0.1) is 0 Å². The molecule has 1 heterocycles. The fourth-order valence-corrected chi connectivity index (χ4v) is 1.79. The molecule has 0 amide bonds. The van der Waals surface area contributed by atoms with Crippen LogP contribution in [-0.2, 0) is 9.53 Å². The second-order valence-electron chi connectivity index (χ2n) is 5.66. The van der Waals surface area contributed by atoms with E-state index in [1.807, 2.05) is 39.0 Å². The van der Waals surface area contributed by atoms with Gasteiger partial charge in [0.15, 0.2) is 0 Å². The van der Waals surface area contributed by atoms with E-state index in [0.717, 1.165) is 31.9 Å². The maximum atomic E-state index is 9.60. The first-order chi connectivity index (χ1) is 9.42. The van der Waals surface area contributed by atoms with Crippen LogP contribution in [-0.4, -0.2) is 38.3 Å². The normalized spacial score (nSPS) is 15.1. The number of hydrogen-bond donors (Lipinski definition) is 2. The quantitative estimate of drug-likeness (QED) is 0.636. The van der Waals surface area contributed by atoms with Gasteiger partial charge in [-0.3, -0.25) is 4.79 Å². The van der Waals surface area contributed by atoms with Gasteiger partial charge in [0.25, 0.3) is 6.47 Å². The summed E-state index contributed by atoms with van der Waals surface area (Å²) in [7, 11) is 0. The standard InChI is InChI=1S/C10H15N3.C5H10O2/c11-9-2-1-3-10(8-9)13-6-4-12-5-7-13;1-5(2,3)7-4-6/h1-3,8,12H,4-7,11H2;4H,1-3H3. The molecule has 5 nitrogen and oxygen atoms in total. The third-order valence-electron chi connectivity index (χ3n) is 2.75. The van der Waals surface area contributed by atoms with Gasteiger partial charge in [-0.25, -0.2) is 0 Å². The number of rotatable bonds is 2. The molecule has 20 heavy (non-hydrogen) atoms. The molecule has 0 saturated carbocycles. The van der Waals surface area contributed by atoms with E-state index in [1.165, 1.54) is 5.69 Å². The summed E-state index contributed by atoms with van der Waals surface area (Å²) >= 11 is 0. The molecule has 0 aliphatic carbocycles. The number of carbonyl (C=O) groups excluding carboxylic acids is 1. The molecule has 1 aromatic carbocycles. The number of hydrogen-bond acceptors (Lipinski definition) is 5. The number of nitrogens with two attached hydrogens (primary N) is 1. The highest BCUT2D eigenvalue weighted by Crippen LogP contribution is 2.17.